The van der Waals surface area contributed by atoms with Crippen LogP contribution in [0.3, 0.4) is 0 Å². The highest BCUT2D eigenvalue weighted by atomic mass is 16.2. The van der Waals surface area contributed by atoms with E-state index in [-0.39, 0.29) is 11.8 Å². The van der Waals surface area contributed by atoms with Crippen molar-refractivity contribution >= 4 is 17.5 Å². The van der Waals surface area contributed by atoms with E-state index in [9.17, 15) is 9.59 Å². The fourth-order valence-electron chi connectivity index (χ4n) is 3.45. The van der Waals surface area contributed by atoms with Gasteiger partial charge in [-0.3, -0.25) is 14.5 Å². The van der Waals surface area contributed by atoms with Crippen LogP contribution in [0.2, 0.25) is 0 Å². The number of aryl methyl sites for hydroxylation is 3. The summed E-state index contributed by atoms with van der Waals surface area (Å²) in [5.41, 5.74) is 3.02. The van der Waals surface area contributed by atoms with Crippen LogP contribution < -0.4 is 10.6 Å². The Balaban J connectivity index is 1.39. The number of nitrogens with zero attached hydrogens (tertiary/aromatic N) is 3. The van der Waals surface area contributed by atoms with Crippen molar-refractivity contribution in [1.82, 2.24) is 19.8 Å². The number of hydrogen-bond donors (Lipinski definition) is 2. The van der Waals surface area contributed by atoms with Crippen LogP contribution in [0.5, 0.6) is 0 Å². The minimum absolute atomic E-state index is 0.0185. The second-order valence-corrected chi connectivity index (χ2v) is 7.77. The van der Waals surface area contributed by atoms with Gasteiger partial charge in [-0.25, -0.2) is 4.98 Å². The van der Waals surface area contributed by atoms with Gasteiger partial charge in [-0.1, -0.05) is 18.2 Å². The Bertz CT molecular complexity index is 794. The number of benzene rings is 1. The summed E-state index contributed by atoms with van der Waals surface area (Å²) in [7, 11) is 0. The summed E-state index contributed by atoms with van der Waals surface area (Å²) in [5.74, 6) is 0.0199. The number of para-hydroxylation sites is 1. The van der Waals surface area contributed by atoms with E-state index in [2.05, 4.69) is 20.5 Å². The van der Waals surface area contributed by atoms with Crippen molar-refractivity contribution in [1.29, 1.82) is 0 Å². The number of anilines is 1. The van der Waals surface area contributed by atoms with E-state index in [0.717, 1.165) is 42.6 Å². The maximum Gasteiger partial charge on any atom is 0.238 e. The molecule has 0 aliphatic heterocycles. The third-order valence-corrected chi connectivity index (χ3v) is 5.26. The fraction of sp³-hybridized carbons (Fsp3) is 0.500. The molecule has 29 heavy (non-hydrogen) atoms. The topological polar surface area (TPSA) is 79.3 Å². The van der Waals surface area contributed by atoms with Gasteiger partial charge < -0.3 is 15.2 Å². The molecule has 0 atom stereocenters. The predicted molar refractivity (Wildman–Crippen MR) is 114 cm³/mol. The van der Waals surface area contributed by atoms with Crippen LogP contribution >= 0.6 is 0 Å². The van der Waals surface area contributed by atoms with Gasteiger partial charge in [0.05, 0.1) is 12.9 Å². The highest BCUT2D eigenvalue weighted by Gasteiger charge is 2.30. The van der Waals surface area contributed by atoms with Gasteiger partial charge in [-0.15, -0.1) is 0 Å². The number of amides is 2. The summed E-state index contributed by atoms with van der Waals surface area (Å²) in [5, 5.41) is 6.01. The smallest absolute Gasteiger partial charge is 0.238 e. The average Bonchev–Trinajstić information content (AvgIpc) is 3.41. The Hall–Kier alpha value is -2.67. The lowest BCUT2D eigenvalue weighted by atomic mass is 10.1. The number of hydrogen-bond acceptors (Lipinski definition) is 4. The largest absolute Gasteiger partial charge is 0.356 e. The minimum Gasteiger partial charge on any atom is -0.356 e. The molecule has 0 radical (unpaired) electrons. The molecule has 1 heterocycles. The molecule has 0 unspecified atom stereocenters. The summed E-state index contributed by atoms with van der Waals surface area (Å²) < 4.78 is 2.00. The molecule has 1 fully saturated rings. The molecule has 1 aromatic carbocycles. The van der Waals surface area contributed by atoms with Gasteiger partial charge in [-0.2, -0.15) is 0 Å². The summed E-state index contributed by atoms with van der Waals surface area (Å²) in [6.07, 6.45) is 8.93. The first-order chi connectivity index (χ1) is 14.0. The quantitative estimate of drug-likeness (QED) is 0.571. The zero-order valence-corrected chi connectivity index (χ0v) is 17.4. The van der Waals surface area contributed by atoms with Crippen molar-refractivity contribution in [2.75, 3.05) is 25.0 Å². The maximum atomic E-state index is 12.6. The first kappa shape index (κ1) is 21.0. The first-order valence-electron chi connectivity index (χ1n) is 10.4. The van der Waals surface area contributed by atoms with E-state index in [4.69, 9.17) is 0 Å². The fourth-order valence-corrected chi connectivity index (χ4v) is 3.45. The lowest BCUT2D eigenvalue weighted by Crippen LogP contribution is -2.38. The zero-order valence-electron chi connectivity index (χ0n) is 17.4. The molecule has 7 heteroatoms. The molecule has 0 spiro atoms. The van der Waals surface area contributed by atoms with Gasteiger partial charge in [0.15, 0.2) is 0 Å². The van der Waals surface area contributed by atoms with Gasteiger partial charge in [0.2, 0.25) is 11.8 Å². The van der Waals surface area contributed by atoms with Crippen molar-refractivity contribution in [2.45, 2.75) is 52.1 Å². The Morgan fingerprint density at radius 2 is 1.97 bits per heavy atom. The SMILES string of the molecule is Cc1cccc(C)c1NC(=O)CN(CCC(=O)NCCCn1ccnc1)C1CC1. The summed E-state index contributed by atoms with van der Waals surface area (Å²) >= 11 is 0. The van der Waals surface area contributed by atoms with E-state index in [0.29, 0.717) is 32.1 Å². The Labute approximate surface area is 172 Å². The molecule has 1 saturated carbocycles. The normalized spacial score (nSPS) is 13.5. The molecule has 2 amide bonds. The molecule has 156 valence electrons. The average molecular weight is 398 g/mol. The maximum absolute atomic E-state index is 12.6. The van der Waals surface area contributed by atoms with Gasteiger partial charge in [0.1, 0.15) is 0 Å². The second kappa shape index (κ2) is 10.2. The molecular weight excluding hydrogens is 366 g/mol. The minimum atomic E-state index is -0.0185. The molecule has 2 N–H and O–H groups in total. The number of aromatic nitrogens is 2. The number of nitrogens with one attached hydrogen (secondary N) is 2. The molecule has 7 nitrogen and oxygen atoms in total. The number of carbonyl (C=O) groups excluding carboxylic acids is 2. The highest BCUT2D eigenvalue weighted by Crippen LogP contribution is 2.27. The van der Waals surface area contributed by atoms with Crippen LogP contribution in [-0.4, -0.2) is 51.9 Å². The van der Waals surface area contributed by atoms with Crippen LogP contribution in [-0.2, 0) is 16.1 Å². The third kappa shape index (κ3) is 6.71. The van der Waals surface area contributed by atoms with Crippen molar-refractivity contribution in [3.8, 4) is 0 Å². The van der Waals surface area contributed by atoms with Crippen LogP contribution in [0, 0.1) is 13.8 Å². The van der Waals surface area contributed by atoms with Gasteiger partial charge in [-0.05, 0) is 44.2 Å². The molecule has 3 rings (SSSR count). The monoisotopic (exact) mass is 397 g/mol. The van der Waals surface area contributed by atoms with Crippen LogP contribution in [0.25, 0.3) is 0 Å². The molecule has 1 aliphatic rings. The van der Waals surface area contributed by atoms with Crippen molar-refractivity contribution < 1.29 is 9.59 Å². The Morgan fingerprint density at radius 1 is 1.21 bits per heavy atom. The first-order valence-corrected chi connectivity index (χ1v) is 10.4. The summed E-state index contributed by atoms with van der Waals surface area (Å²) in [6, 6.07) is 6.41. The molecule has 2 aromatic rings. The summed E-state index contributed by atoms with van der Waals surface area (Å²) in [4.78, 5) is 30.9. The Kier molecular flexibility index (Phi) is 7.41. The van der Waals surface area contributed by atoms with Crippen molar-refractivity contribution in [3.63, 3.8) is 0 Å². The third-order valence-electron chi connectivity index (χ3n) is 5.26. The van der Waals surface area contributed by atoms with Gasteiger partial charge in [0.25, 0.3) is 0 Å². The van der Waals surface area contributed by atoms with E-state index in [1.165, 1.54) is 0 Å². The van der Waals surface area contributed by atoms with Crippen molar-refractivity contribution in [2.24, 2.45) is 0 Å². The highest BCUT2D eigenvalue weighted by molar-refractivity contribution is 5.93. The van der Waals surface area contributed by atoms with Crippen LogP contribution in [0.4, 0.5) is 5.69 Å². The molecular formula is C22H31N5O2. The Morgan fingerprint density at radius 3 is 2.62 bits per heavy atom. The van der Waals surface area contributed by atoms with E-state index in [1.807, 2.05) is 42.8 Å². The number of rotatable bonds is 11. The molecule has 0 saturated heterocycles. The van der Waals surface area contributed by atoms with E-state index >= 15 is 0 Å². The zero-order chi connectivity index (χ0) is 20.6. The van der Waals surface area contributed by atoms with Crippen molar-refractivity contribution in [3.05, 3.63) is 48.0 Å². The lowest BCUT2D eigenvalue weighted by Gasteiger charge is -2.22. The van der Waals surface area contributed by atoms with Gasteiger partial charge >= 0.3 is 0 Å². The summed E-state index contributed by atoms with van der Waals surface area (Å²) in [6.45, 7) is 6.42. The molecule has 1 aromatic heterocycles. The van der Waals surface area contributed by atoms with E-state index < -0.39 is 0 Å². The predicted octanol–water partition coefficient (Wildman–Crippen LogP) is 2.50. The standard InChI is InChI=1S/C22H31N5O2/c1-17-5-3-6-18(2)22(17)25-21(29)15-27(19-7-8-19)13-9-20(28)24-10-4-12-26-14-11-23-16-26/h3,5-6,11,14,16,19H,4,7-10,12-13,15H2,1-2H3,(H,24,28)(H,25,29). The van der Waals surface area contributed by atoms with E-state index in [1.54, 1.807) is 12.5 Å². The number of carbonyl (C=O) groups is 2. The molecule has 1 aliphatic carbocycles. The second-order valence-electron chi connectivity index (χ2n) is 7.77. The number of imidazole rings is 1. The van der Waals surface area contributed by atoms with Crippen LogP contribution in [0.15, 0.2) is 36.9 Å². The van der Waals surface area contributed by atoms with Gasteiger partial charge in [0, 0.05) is 50.2 Å². The van der Waals surface area contributed by atoms with Crippen LogP contribution in [0.1, 0.15) is 36.8 Å². The molecule has 0 bridgehead atoms. The lowest BCUT2D eigenvalue weighted by molar-refractivity contribution is -0.122.